The van der Waals surface area contributed by atoms with Crippen molar-refractivity contribution >= 4 is 15.9 Å². The zero-order valence-electron chi connectivity index (χ0n) is 11.4. The van der Waals surface area contributed by atoms with Gasteiger partial charge in [-0.05, 0) is 34.8 Å². The lowest BCUT2D eigenvalue weighted by molar-refractivity contribution is 0.163. The topological polar surface area (TPSA) is 35.5 Å². The molecule has 0 unspecified atom stereocenters. The molecule has 1 saturated heterocycles. The van der Waals surface area contributed by atoms with E-state index in [-0.39, 0.29) is 16.3 Å². The van der Waals surface area contributed by atoms with Crippen LogP contribution in [0.4, 0.5) is 4.39 Å². The van der Waals surface area contributed by atoms with Gasteiger partial charge in [-0.2, -0.15) is 0 Å². The molecule has 3 nitrogen and oxygen atoms in total. The van der Waals surface area contributed by atoms with Gasteiger partial charge in [-0.3, -0.25) is 4.90 Å². The zero-order valence-corrected chi connectivity index (χ0v) is 13.0. The average Bonchev–Trinajstić information content (AvgIpc) is 2.48. The molecule has 1 aromatic rings. The van der Waals surface area contributed by atoms with Crippen molar-refractivity contribution in [2.24, 2.45) is 0 Å². The van der Waals surface area contributed by atoms with E-state index in [9.17, 15) is 9.50 Å². The summed E-state index contributed by atoms with van der Waals surface area (Å²) < 4.78 is 13.6. The second-order valence-electron chi connectivity index (χ2n) is 4.97. The molecule has 2 rings (SSSR count). The molecular weight excluding hydrogens is 323 g/mol. The maximum absolute atomic E-state index is 13.5. The second-order valence-corrected chi connectivity index (χ2v) is 5.76. The van der Waals surface area contributed by atoms with E-state index >= 15 is 0 Å². The molecule has 1 aromatic carbocycles. The van der Waals surface area contributed by atoms with Crippen LogP contribution >= 0.6 is 15.9 Å². The minimum absolute atomic E-state index is 0.0117. The molecule has 0 amide bonds. The molecule has 2 N–H and O–H groups in total. The summed E-state index contributed by atoms with van der Waals surface area (Å²) >= 11 is 3.11. The van der Waals surface area contributed by atoms with Crippen LogP contribution in [0.25, 0.3) is 0 Å². The van der Waals surface area contributed by atoms with Crippen LogP contribution in [0.3, 0.4) is 0 Å². The molecule has 1 aliphatic heterocycles. The van der Waals surface area contributed by atoms with Crippen molar-refractivity contribution in [1.29, 1.82) is 0 Å². The summed E-state index contributed by atoms with van der Waals surface area (Å²) in [4.78, 5) is 2.33. The van der Waals surface area contributed by atoms with Gasteiger partial charge in [0, 0.05) is 37.8 Å². The fourth-order valence-corrected chi connectivity index (χ4v) is 2.99. The highest BCUT2D eigenvalue weighted by molar-refractivity contribution is 9.10. The zero-order chi connectivity index (χ0) is 14.5. The molecule has 5 heteroatoms. The van der Waals surface area contributed by atoms with Gasteiger partial charge < -0.3 is 10.4 Å². The third kappa shape index (κ3) is 3.40. The first kappa shape index (κ1) is 15.5. The van der Waals surface area contributed by atoms with Gasteiger partial charge in [0.15, 0.2) is 0 Å². The number of phenols is 1. The summed E-state index contributed by atoms with van der Waals surface area (Å²) in [6.45, 7) is 7.49. The number of halogens is 2. The highest BCUT2D eigenvalue weighted by Gasteiger charge is 2.25. The predicted octanol–water partition coefficient (Wildman–Crippen LogP) is 3.21. The normalized spacial score (nSPS) is 17.9. The molecule has 0 bridgehead atoms. The Kier molecular flexibility index (Phi) is 5.57. The molecule has 0 aromatic heterocycles. The number of phenolic OH excluding ortho intramolecular Hbond substituents is 1. The summed E-state index contributed by atoms with van der Waals surface area (Å²) in [6.07, 6.45) is 3.61. The third-order valence-corrected chi connectivity index (χ3v) is 4.45. The van der Waals surface area contributed by atoms with Crippen molar-refractivity contribution in [3.63, 3.8) is 0 Å². The average molecular weight is 343 g/mol. The summed E-state index contributed by atoms with van der Waals surface area (Å²) in [5.41, 5.74) is 0.780. The van der Waals surface area contributed by atoms with Crippen LogP contribution in [-0.4, -0.2) is 36.2 Å². The third-order valence-electron chi connectivity index (χ3n) is 3.70. The van der Waals surface area contributed by atoms with Crippen LogP contribution in [0.1, 0.15) is 24.4 Å². The molecule has 0 spiro atoms. The van der Waals surface area contributed by atoms with Crippen molar-refractivity contribution in [3.8, 4) is 5.75 Å². The molecule has 1 heterocycles. The highest BCUT2D eigenvalue weighted by Crippen LogP contribution is 2.38. The van der Waals surface area contributed by atoms with Crippen molar-refractivity contribution in [2.75, 3.05) is 26.2 Å². The lowest BCUT2D eigenvalue weighted by atomic mass is 9.98. The van der Waals surface area contributed by atoms with Crippen LogP contribution in [0.5, 0.6) is 5.75 Å². The second kappa shape index (κ2) is 7.20. The lowest BCUT2D eigenvalue weighted by Crippen LogP contribution is -2.45. The van der Waals surface area contributed by atoms with Crippen molar-refractivity contribution in [2.45, 2.75) is 18.9 Å². The Labute approximate surface area is 127 Å². The number of allylic oxidation sites excluding steroid dienone is 1. The van der Waals surface area contributed by atoms with E-state index in [0.717, 1.165) is 44.6 Å². The smallest absolute Gasteiger partial charge is 0.141 e. The van der Waals surface area contributed by atoms with Crippen LogP contribution in [0.15, 0.2) is 29.3 Å². The molecule has 1 atom stereocenters. The maximum Gasteiger partial charge on any atom is 0.141 e. The number of hydrogen-bond acceptors (Lipinski definition) is 3. The minimum atomic E-state index is -0.436. The van der Waals surface area contributed by atoms with Gasteiger partial charge in [-0.1, -0.05) is 12.1 Å². The number of nitrogens with one attached hydrogen (secondary N) is 1. The van der Waals surface area contributed by atoms with E-state index in [0.29, 0.717) is 0 Å². The van der Waals surface area contributed by atoms with Crippen molar-refractivity contribution in [1.82, 2.24) is 10.2 Å². The van der Waals surface area contributed by atoms with Gasteiger partial charge in [0.1, 0.15) is 11.6 Å². The summed E-state index contributed by atoms with van der Waals surface area (Å²) in [6, 6.07) is 3.18. The number of aromatic hydroxyl groups is 1. The van der Waals surface area contributed by atoms with Gasteiger partial charge in [0.05, 0.1) is 4.47 Å². The summed E-state index contributed by atoms with van der Waals surface area (Å²) in [7, 11) is 0. The molecule has 1 fully saturated rings. The Hall–Kier alpha value is -0.910. The van der Waals surface area contributed by atoms with Gasteiger partial charge >= 0.3 is 0 Å². The van der Waals surface area contributed by atoms with Crippen molar-refractivity contribution in [3.05, 3.63) is 40.6 Å². The van der Waals surface area contributed by atoms with E-state index < -0.39 is 5.82 Å². The maximum atomic E-state index is 13.5. The standard InChI is InChI=1S/C15H20BrFN2O/c1-2-3-4-13(19-9-7-18-8-10-19)11-5-6-12(17)14(16)15(11)20/h2,5-6,13,18,20H,1,3-4,7-10H2/t13-/m1/s1. The number of nitrogens with zero attached hydrogens (tertiary/aromatic N) is 1. The van der Waals surface area contributed by atoms with E-state index in [1.165, 1.54) is 6.07 Å². The van der Waals surface area contributed by atoms with Gasteiger partial charge in [-0.25, -0.2) is 4.39 Å². The molecular formula is C15H20BrFN2O. The van der Waals surface area contributed by atoms with E-state index in [4.69, 9.17) is 0 Å². The number of hydrogen-bond donors (Lipinski definition) is 2. The van der Waals surface area contributed by atoms with Crippen LogP contribution in [-0.2, 0) is 0 Å². The summed E-state index contributed by atoms with van der Waals surface area (Å²) in [5.74, 6) is -0.424. The fraction of sp³-hybridized carbons (Fsp3) is 0.467. The first-order valence-corrected chi connectivity index (χ1v) is 7.67. The largest absolute Gasteiger partial charge is 0.506 e. The van der Waals surface area contributed by atoms with E-state index in [2.05, 4.69) is 32.7 Å². The van der Waals surface area contributed by atoms with E-state index in [1.54, 1.807) is 6.07 Å². The van der Waals surface area contributed by atoms with Crippen LogP contribution in [0.2, 0.25) is 0 Å². The molecule has 110 valence electrons. The quantitative estimate of drug-likeness (QED) is 0.806. The highest BCUT2D eigenvalue weighted by atomic mass is 79.9. The fourth-order valence-electron chi connectivity index (χ4n) is 2.63. The predicted molar refractivity (Wildman–Crippen MR) is 82.4 cm³/mol. The van der Waals surface area contributed by atoms with E-state index in [1.807, 2.05) is 6.08 Å². The first-order chi connectivity index (χ1) is 9.65. The lowest BCUT2D eigenvalue weighted by Gasteiger charge is -2.35. The number of piperazine rings is 1. The van der Waals surface area contributed by atoms with Crippen LogP contribution < -0.4 is 5.32 Å². The molecule has 0 saturated carbocycles. The van der Waals surface area contributed by atoms with Gasteiger partial charge in [0.25, 0.3) is 0 Å². The molecule has 0 aliphatic carbocycles. The monoisotopic (exact) mass is 342 g/mol. The minimum Gasteiger partial charge on any atom is -0.506 e. The molecule has 0 radical (unpaired) electrons. The summed E-state index contributed by atoms with van der Waals surface area (Å²) in [5, 5.41) is 13.5. The SMILES string of the molecule is C=CCC[C@H](c1ccc(F)c(Br)c1O)N1CCNCC1. The van der Waals surface area contributed by atoms with Gasteiger partial charge in [-0.15, -0.1) is 6.58 Å². The van der Waals surface area contributed by atoms with Gasteiger partial charge in [0.2, 0.25) is 0 Å². The Balaban J connectivity index is 2.29. The Bertz CT molecular complexity index is 475. The number of benzene rings is 1. The number of rotatable bonds is 5. The molecule has 20 heavy (non-hydrogen) atoms. The Morgan fingerprint density at radius 2 is 2.15 bits per heavy atom. The Morgan fingerprint density at radius 1 is 1.45 bits per heavy atom. The molecule has 1 aliphatic rings. The Morgan fingerprint density at radius 3 is 2.80 bits per heavy atom. The van der Waals surface area contributed by atoms with Crippen molar-refractivity contribution < 1.29 is 9.50 Å². The van der Waals surface area contributed by atoms with Crippen LogP contribution in [0, 0.1) is 5.82 Å². The first-order valence-electron chi connectivity index (χ1n) is 6.87.